The molecule has 2 fully saturated rings. The summed E-state index contributed by atoms with van der Waals surface area (Å²) in [5.74, 6) is 0. The summed E-state index contributed by atoms with van der Waals surface area (Å²) in [4.78, 5) is 2.36. The molecule has 0 aromatic carbocycles. The van der Waals surface area contributed by atoms with Gasteiger partial charge >= 0.3 is 0 Å². The van der Waals surface area contributed by atoms with Crippen molar-refractivity contribution in [3.8, 4) is 0 Å². The Labute approximate surface area is 105 Å². The van der Waals surface area contributed by atoms with E-state index in [-0.39, 0.29) is 0 Å². The maximum atomic E-state index is 5.38. The monoisotopic (exact) mass is 240 g/mol. The van der Waals surface area contributed by atoms with Crippen LogP contribution < -0.4 is 5.32 Å². The van der Waals surface area contributed by atoms with Crippen LogP contribution in [0.3, 0.4) is 0 Å². The third-order valence-electron chi connectivity index (χ3n) is 4.35. The van der Waals surface area contributed by atoms with Gasteiger partial charge in [0.2, 0.25) is 0 Å². The van der Waals surface area contributed by atoms with Crippen molar-refractivity contribution in [2.45, 2.75) is 51.9 Å². The number of likely N-dealkylation sites (tertiary alicyclic amines) is 1. The molecule has 3 heteroatoms. The Balaban J connectivity index is 1.83. The molecule has 0 aromatic rings. The van der Waals surface area contributed by atoms with Gasteiger partial charge in [0.25, 0.3) is 0 Å². The molecule has 0 amide bonds. The van der Waals surface area contributed by atoms with Crippen molar-refractivity contribution in [1.82, 2.24) is 10.2 Å². The highest BCUT2D eigenvalue weighted by Gasteiger charge is 2.35. The Morgan fingerprint density at radius 2 is 1.75 bits per heavy atom. The van der Waals surface area contributed by atoms with Crippen LogP contribution in [0.4, 0.5) is 0 Å². The highest BCUT2D eigenvalue weighted by molar-refractivity contribution is 7.80. The van der Waals surface area contributed by atoms with E-state index in [1.165, 1.54) is 58.0 Å². The molecule has 0 aromatic heterocycles. The summed E-state index contributed by atoms with van der Waals surface area (Å²) in [6, 6.07) is 0. The standard InChI is InChI=1S/C13H24N2S/c1-2-14-12(16)15-10-8-13(9-11-15)6-4-3-5-7-13/h2-11H2,1H3,(H,14,16). The van der Waals surface area contributed by atoms with E-state index >= 15 is 0 Å². The number of piperidine rings is 1. The van der Waals surface area contributed by atoms with Gasteiger partial charge in [-0.2, -0.15) is 0 Å². The minimum absolute atomic E-state index is 0.691. The molecule has 0 bridgehead atoms. The maximum absolute atomic E-state index is 5.38. The molecule has 92 valence electrons. The zero-order valence-corrected chi connectivity index (χ0v) is 11.2. The Hall–Kier alpha value is -0.310. The molecule has 0 atom stereocenters. The molecule has 1 aliphatic carbocycles. The summed E-state index contributed by atoms with van der Waals surface area (Å²) >= 11 is 5.38. The number of hydrogen-bond donors (Lipinski definition) is 1. The summed E-state index contributed by atoms with van der Waals surface area (Å²) in [6.45, 7) is 5.40. The first kappa shape index (κ1) is 12.2. The van der Waals surface area contributed by atoms with E-state index in [4.69, 9.17) is 12.2 Å². The molecule has 1 aliphatic heterocycles. The molecule has 1 spiro atoms. The van der Waals surface area contributed by atoms with Crippen molar-refractivity contribution in [3.63, 3.8) is 0 Å². The molecule has 1 heterocycles. The number of rotatable bonds is 1. The molecule has 2 rings (SSSR count). The smallest absolute Gasteiger partial charge is 0.168 e. The average Bonchev–Trinajstić information content (AvgIpc) is 2.31. The van der Waals surface area contributed by atoms with Crippen molar-refractivity contribution < 1.29 is 0 Å². The van der Waals surface area contributed by atoms with Crippen LogP contribution >= 0.6 is 12.2 Å². The van der Waals surface area contributed by atoms with Crippen molar-refractivity contribution >= 4 is 17.3 Å². The van der Waals surface area contributed by atoms with Crippen LogP contribution in [0.1, 0.15) is 51.9 Å². The van der Waals surface area contributed by atoms with Crippen LogP contribution in [0.5, 0.6) is 0 Å². The SMILES string of the molecule is CCNC(=S)N1CCC2(CCCCC2)CC1. The first-order valence-electron chi connectivity index (χ1n) is 6.79. The lowest BCUT2D eigenvalue weighted by Crippen LogP contribution is -2.47. The van der Waals surface area contributed by atoms with E-state index in [1.807, 2.05) is 0 Å². The molecular weight excluding hydrogens is 216 g/mol. The number of nitrogens with one attached hydrogen (secondary N) is 1. The summed E-state index contributed by atoms with van der Waals surface area (Å²) in [6.07, 6.45) is 10.0. The van der Waals surface area contributed by atoms with Gasteiger partial charge in [0, 0.05) is 19.6 Å². The quantitative estimate of drug-likeness (QED) is 0.710. The third kappa shape index (κ3) is 2.68. The van der Waals surface area contributed by atoms with Gasteiger partial charge in [-0.15, -0.1) is 0 Å². The fraction of sp³-hybridized carbons (Fsp3) is 0.923. The molecule has 2 aliphatic rings. The van der Waals surface area contributed by atoms with Gasteiger partial charge < -0.3 is 10.2 Å². The molecule has 16 heavy (non-hydrogen) atoms. The van der Waals surface area contributed by atoms with Crippen molar-refractivity contribution in [2.75, 3.05) is 19.6 Å². The van der Waals surface area contributed by atoms with Crippen LogP contribution in [0, 0.1) is 5.41 Å². The minimum atomic E-state index is 0.691. The second-order valence-electron chi connectivity index (χ2n) is 5.38. The van der Waals surface area contributed by atoms with Gasteiger partial charge in [0.05, 0.1) is 0 Å². The average molecular weight is 240 g/mol. The highest BCUT2D eigenvalue weighted by atomic mass is 32.1. The van der Waals surface area contributed by atoms with Gasteiger partial charge in [-0.1, -0.05) is 19.3 Å². The van der Waals surface area contributed by atoms with E-state index in [0.29, 0.717) is 5.41 Å². The summed E-state index contributed by atoms with van der Waals surface area (Å²) in [7, 11) is 0. The second-order valence-corrected chi connectivity index (χ2v) is 5.77. The van der Waals surface area contributed by atoms with Gasteiger partial charge in [-0.25, -0.2) is 0 Å². The highest BCUT2D eigenvalue weighted by Crippen LogP contribution is 2.44. The number of nitrogens with zero attached hydrogens (tertiary/aromatic N) is 1. The Bertz CT molecular complexity index is 236. The van der Waals surface area contributed by atoms with Crippen molar-refractivity contribution in [1.29, 1.82) is 0 Å². The Kier molecular flexibility index (Phi) is 4.06. The molecule has 1 saturated carbocycles. The maximum Gasteiger partial charge on any atom is 0.168 e. The minimum Gasteiger partial charge on any atom is -0.363 e. The van der Waals surface area contributed by atoms with E-state index in [1.54, 1.807) is 0 Å². The van der Waals surface area contributed by atoms with Crippen LogP contribution in [-0.2, 0) is 0 Å². The zero-order valence-electron chi connectivity index (χ0n) is 10.4. The molecule has 0 radical (unpaired) electrons. The van der Waals surface area contributed by atoms with E-state index in [2.05, 4.69) is 17.1 Å². The lowest BCUT2D eigenvalue weighted by molar-refractivity contribution is 0.0975. The zero-order chi connectivity index (χ0) is 11.4. The predicted molar refractivity (Wildman–Crippen MR) is 72.6 cm³/mol. The number of hydrogen-bond acceptors (Lipinski definition) is 1. The van der Waals surface area contributed by atoms with Crippen LogP contribution in [0.2, 0.25) is 0 Å². The Morgan fingerprint density at radius 1 is 1.12 bits per heavy atom. The van der Waals surface area contributed by atoms with E-state index in [9.17, 15) is 0 Å². The lowest BCUT2D eigenvalue weighted by atomic mass is 9.68. The topological polar surface area (TPSA) is 15.3 Å². The molecule has 2 nitrogen and oxygen atoms in total. The van der Waals surface area contributed by atoms with Crippen molar-refractivity contribution in [3.05, 3.63) is 0 Å². The first-order chi connectivity index (χ1) is 7.76. The van der Waals surface area contributed by atoms with Gasteiger partial charge in [0.1, 0.15) is 0 Å². The van der Waals surface area contributed by atoms with Crippen LogP contribution in [0.25, 0.3) is 0 Å². The van der Waals surface area contributed by atoms with E-state index in [0.717, 1.165) is 11.7 Å². The fourth-order valence-electron chi connectivity index (χ4n) is 3.25. The second kappa shape index (κ2) is 5.35. The van der Waals surface area contributed by atoms with Gasteiger partial charge in [0.15, 0.2) is 5.11 Å². The van der Waals surface area contributed by atoms with Crippen LogP contribution in [-0.4, -0.2) is 29.6 Å². The first-order valence-corrected chi connectivity index (χ1v) is 7.19. The molecular formula is C13H24N2S. The van der Waals surface area contributed by atoms with Crippen LogP contribution in [0.15, 0.2) is 0 Å². The number of thiocarbonyl (C=S) groups is 1. The summed E-state index contributed by atoms with van der Waals surface area (Å²) in [5, 5.41) is 4.23. The molecule has 1 saturated heterocycles. The summed E-state index contributed by atoms with van der Waals surface area (Å²) in [5.41, 5.74) is 0.691. The third-order valence-corrected chi connectivity index (χ3v) is 4.76. The molecule has 1 N–H and O–H groups in total. The van der Waals surface area contributed by atoms with Gasteiger partial charge in [-0.3, -0.25) is 0 Å². The lowest BCUT2D eigenvalue weighted by Gasteiger charge is -2.45. The fourth-order valence-corrected chi connectivity index (χ4v) is 3.58. The largest absolute Gasteiger partial charge is 0.363 e. The summed E-state index contributed by atoms with van der Waals surface area (Å²) < 4.78 is 0. The molecule has 0 unspecified atom stereocenters. The van der Waals surface area contributed by atoms with E-state index < -0.39 is 0 Å². The Morgan fingerprint density at radius 3 is 2.31 bits per heavy atom. The van der Waals surface area contributed by atoms with Gasteiger partial charge in [-0.05, 0) is 50.2 Å². The normalized spacial score (nSPS) is 24.4. The van der Waals surface area contributed by atoms with Crippen molar-refractivity contribution in [2.24, 2.45) is 5.41 Å². The predicted octanol–water partition coefficient (Wildman–Crippen LogP) is 2.93.